The first-order valence-electron chi connectivity index (χ1n) is 11.3. The van der Waals surface area contributed by atoms with Crippen LogP contribution < -0.4 is 5.32 Å². The van der Waals surface area contributed by atoms with Crippen LogP contribution in [0.4, 0.5) is 13.6 Å². The van der Waals surface area contributed by atoms with Crippen LogP contribution in [0.2, 0.25) is 0 Å². The number of nitrogens with one attached hydrogen (secondary N) is 1. The fraction of sp³-hybridized carbons (Fsp3) is 0.400. The van der Waals surface area contributed by atoms with Gasteiger partial charge >= 0.3 is 12.1 Å². The number of hydrogen-bond donors (Lipinski definition) is 2. The maximum absolute atomic E-state index is 14.0. The van der Waals surface area contributed by atoms with Crippen LogP contribution >= 0.6 is 0 Å². The Morgan fingerprint density at radius 3 is 2.29 bits per heavy atom. The molecule has 2 heterocycles. The van der Waals surface area contributed by atoms with Gasteiger partial charge in [-0.15, -0.1) is 0 Å². The molecule has 2 aliphatic heterocycles. The maximum atomic E-state index is 14.0. The van der Waals surface area contributed by atoms with Gasteiger partial charge in [0.2, 0.25) is 5.91 Å². The van der Waals surface area contributed by atoms with E-state index in [0.717, 1.165) is 27.2 Å². The van der Waals surface area contributed by atoms with Gasteiger partial charge in [-0.05, 0) is 22.3 Å². The molecule has 2 amide bonds. The number of fused-ring (bicyclic) bond motifs is 3. The molecular formula is C25H24F2N2O6. The molecule has 3 atom stereocenters. The number of benzene rings is 2. The van der Waals surface area contributed by atoms with Crippen LogP contribution in [-0.2, 0) is 19.1 Å². The summed E-state index contributed by atoms with van der Waals surface area (Å²) in [6, 6.07) is 15.1. The van der Waals surface area contributed by atoms with Gasteiger partial charge in [0, 0.05) is 12.5 Å². The number of carboxylic acids is 1. The quantitative estimate of drug-likeness (QED) is 0.674. The van der Waals surface area contributed by atoms with Crippen molar-refractivity contribution in [2.24, 2.45) is 11.8 Å². The number of alkyl halides is 2. The normalized spacial score (nSPS) is 24.6. The molecule has 2 aromatic carbocycles. The fourth-order valence-corrected chi connectivity index (χ4v) is 5.18. The molecule has 10 heteroatoms. The SMILES string of the molecule is O=C(NC1COCC1C(=O)N1CC(C(=O)O)C(F)(F)C1)OCC1c2ccccc2-c2ccccc21. The number of carboxylic acid groups (broad SMARTS) is 1. The number of hydrogen-bond acceptors (Lipinski definition) is 5. The third kappa shape index (κ3) is 4.22. The number of carbonyl (C=O) groups is 3. The molecule has 2 fully saturated rings. The molecule has 2 saturated heterocycles. The van der Waals surface area contributed by atoms with E-state index in [2.05, 4.69) is 5.32 Å². The molecule has 2 N–H and O–H groups in total. The van der Waals surface area contributed by atoms with E-state index in [0.29, 0.717) is 0 Å². The van der Waals surface area contributed by atoms with Crippen LogP contribution in [-0.4, -0.2) is 72.9 Å². The number of nitrogens with zero attached hydrogens (tertiary/aromatic N) is 1. The Labute approximate surface area is 199 Å². The van der Waals surface area contributed by atoms with Gasteiger partial charge < -0.3 is 24.8 Å². The van der Waals surface area contributed by atoms with E-state index in [-0.39, 0.29) is 25.7 Å². The van der Waals surface area contributed by atoms with Gasteiger partial charge in [-0.3, -0.25) is 9.59 Å². The van der Waals surface area contributed by atoms with Crippen LogP contribution in [0.3, 0.4) is 0 Å². The number of ether oxygens (including phenoxy) is 2. The highest BCUT2D eigenvalue weighted by Gasteiger charge is 2.55. The summed E-state index contributed by atoms with van der Waals surface area (Å²) in [6.45, 7) is -1.52. The lowest BCUT2D eigenvalue weighted by Gasteiger charge is -2.24. The van der Waals surface area contributed by atoms with Gasteiger partial charge in [0.1, 0.15) is 12.5 Å². The Balaban J connectivity index is 1.21. The number of halogens is 2. The van der Waals surface area contributed by atoms with Crippen molar-refractivity contribution in [3.63, 3.8) is 0 Å². The van der Waals surface area contributed by atoms with E-state index < -0.39 is 54.9 Å². The predicted octanol–water partition coefficient (Wildman–Crippen LogP) is 2.72. The average Bonchev–Trinajstić information content (AvgIpc) is 3.51. The molecule has 1 aliphatic carbocycles. The van der Waals surface area contributed by atoms with Gasteiger partial charge in [-0.1, -0.05) is 48.5 Å². The standard InChI is InChI=1S/C25H24F2N2O6/c26-25(27)13-29(9-20(25)23(31)32)22(30)19-10-34-12-21(19)28-24(33)35-11-18-16-7-3-1-5-14(16)15-6-2-4-8-17(15)18/h1-8,18-21H,9-13H2,(H,28,33)(H,31,32). The molecule has 35 heavy (non-hydrogen) atoms. The maximum Gasteiger partial charge on any atom is 0.407 e. The largest absolute Gasteiger partial charge is 0.481 e. The summed E-state index contributed by atoms with van der Waals surface area (Å²) in [5, 5.41) is 11.7. The van der Waals surface area contributed by atoms with Crippen molar-refractivity contribution in [1.29, 1.82) is 0 Å². The smallest absolute Gasteiger partial charge is 0.407 e. The van der Waals surface area contributed by atoms with Crippen LogP contribution in [0.25, 0.3) is 11.1 Å². The van der Waals surface area contributed by atoms with Gasteiger partial charge in [0.05, 0.1) is 31.7 Å². The minimum Gasteiger partial charge on any atom is -0.481 e. The van der Waals surface area contributed by atoms with Crippen molar-refractivity contribution in [2.75, 3.05) is 32.9 Å². The van der Waals surface area contributed by atoms with E-state index in [1.54, 1.807) is 0 Å². The van der Waals surface area contributed by atoms with E-state index in [4.69, 9.17) is 14.6 Å². The van der Waals surface area contributed by atoms with Crippen molar-refractivity contribution in [3.05, 3.63) is 59.7 Å². The number of alkyl carbamates (subject to hydrolysis) is 1. The molecule has 3 unspecified atom stereocenters. The van der Waals surface area contributed by atoms with E-state index in [1.807, 2.05) is 48.5 Å². The highest BCUT2D eigenvalue weighted by Crippen LogP contribution is 2.44. The fourth-order valence-electron chi connectivity index (χ4n) is 5.18. The van der Waals surface area contributed by atoms with Crippen molar-refractivity contribution >= 4 is 18.0 Å². The summed E-state index contributed by atoms with van der Waals surface area (Å²) < 4.78 is 38.9. The van der Waals surface area contributed by atoms with Crippen molar-refractivity contribution in [3.8, 4) is 11.1 Å². The summed E-state index contributed by atoms with van der Waals surface area (Å²) >= 11 is 0. The minimum absolute atomic E-state index is 0.0210. The molecule has 0 radical (unpaired) electrons. The summed E-state index contributed by atoms with van der Waals surface area (Å²) in [6.07, 6.45) is -0.740. The number of amides is 2. The lowest BCUT2D eigenvalue weighted by Crippen LogP contribution is -2.47. The zero-order valence-corrected chi connectivity index (χ0v) is 18.7. The van der Waals surface area contributed by atoms with Crippen LogP contribution in [0.1, 0.15) is 17.0 Å². The topological polar surface area (TPSA) is 105 Å². The number of rotatable bonds is 5. The molecule has 0 aromatic heterocycles. The lowest BCUT2D eigenvalue weighted by molar-refractivity contribution is -0.151. The van der Waals surface area contributed by atoms with E-state index in [9.17, 15) is 23.2 Å². The first-order chi connectivity index (χ1) is 16.8. The molecule has 5 rings (SSSR count). The van der Waals surface area contributed by atoms with E-state index in [1.165, 1.54) is 0 Å². The molecule has 0 bridgehead atoms. The van der Waals surface area contributed by atoms with Gasteiger partial charge in [-0.25, -0.2) is 13.6 Å². The Morgan fingerprint density at radius 2 is 1.69 bits per heavy atom. The summed E-state index contributed by atoms with van der Waals surface area (Å²) in [4.78, 5) is 37.4. The highest BCUT2D eigenvalue weighted by atomic mass is 19.3. The predicted molar refractivity (Wildman–Crippen MR) is 119 cm³/mol. The zero-order valence-electron chi connectivity index (χ0n) is 18.7. The molecule has 2 aromatic rings. The highest BCUT2D eigenvalue weighted by molar-refractivity contribution is 5.83. The number of carbonyl (C=O) groups excluding carboxylic acids is 2. The van der Waals surface area contributed by atoms with Crippen molar-refractivity contribution in [2.45, 2.75) is 17.9 Å². The first kappa shape index (κ1) is 23.2. The van der Waals surface area contributed by atoms with Gasteiger partial charge in [0.25, 0.3) is 5.92 Å². The summed E-state index contributed by atoms with van der Waals surface area (Å²) in [7, 11) is 0. The second kappa shape index (κ2) is 8.92. The Hall–Kier alpha value is -3.53. The number of likely N-dealkylation sites (tertiary alicyclic amines) is 1. The summed E-state index contributed by atoms with van der Waals surface area (Å²) in [5.74, 6) is -8.83. The third-order valence-corrected chi connectivity index (χ3v) is 6.97. The summed E-state index contributed by atoms with van der Waals surface area (Å²) in [5.41, 5.74) is 4.30. The Bertz CT molecular complexity index is 1130. The second-order valence-electron chi connectivity index (χ2n) is 9.09. The lowest BCUT2D eigenvalue weighted by atomic mass is 9.98. The van der Waals surface area contributed by atoms with Crippen molar-refractivity contribution < 1.29 is 37.7 Å². The van der Waals surface area contributed by atoms with Gasteiger partial charge in [0.15, 0.2) is 0 Å². The molecular weight excluding hydrogens is 462 g/mol. The van der Waals surface area contributed by atoms with Crippen LogP contribution in [0.5, 0.6) is 0 Å². The van der Waals surface area contributed by atoms with E-state index >= 15 is 0 Å². The minimum atomic E-state index is -3.52. The van der Waals surface area contributed by atoms with Crippen LogP contribution in [0.15, 0.2) is 48.5 Å². The van der Waals surface area contributed by atoms with Crippen molar-refractivity contribution in [1.82, 2.24) is 10.2 Å². The first-order valence-corrected chi connectivity index (χ1v) is 11.3. The van der Waals surface area contributed by atoms with Gasteiger partial charge in [-0.2, -0.15) is 0 Å². The molecule has 184 valence electrons. The number of aliphatic carboxylic acids is 1. The molecule has 0 saturated carbocycles. The second-order valence-corrected chi connectivity index (χ2v) is 9.09. The molecule has 3 aliphatic rings. The molecule has 8 nitrogen and oxygen atoms in total. The zero-order chi connectivity index (χ0) is 24.7. The Morgan fingerprint density at radius 1 is 1.06 bits per heavy atom. The monoisotopic (exact) mass is 486 g/mol. The third-order valence-electron chi connectivity index (χ3n) is 6.97. The Kier molecular flexibility index (Phi) is 5.92. The van der Waals surface area contributed by atoms with Crippen LogP contribution in [0, 0.1) is 11.8 Å². The average molecular weight is 486 g/mol. The molecule has 0 spiro atoms.